The molecule has 3 aromatic carbocycles. The van der Waals surface area contributed by atoms with Crippen molar-refractivity contribution in [1.29, 1.82) is 0 Å². The second-order valence-corrected chi connectivity index (χ2v) is 7.53. The molecule has 0 aliphatic rings. The minimum Gasteiger partial charge on any atom is -0.369 e. The van der Waals surface area contributed by atoms with E-state index in [0.29, 0.717) is 23.6 Å². The first-order chi connectivity index (χ1) is 15.9. The fraction of sp³-hybridized carbons (Fsp3) is 0.125. The average Bonchev–Trinajstić information content (AvgIpc) is 3.21. The highest BCUT2D eigenvalue weighted by molar-refractivity contribution is 6.05. The zero-order chi connectivity index (χ0) is 23.4. The fourth-order valence-corrected chi connectivity index (χ4v) is 3.56. The number of nitrogens with zero attached hydrogens (tertiary/aromatic N) is 5. The Labute approximate surface area is 190 Å². The Kier molecular flexibility index (Phi) is 6.12. The molecule has 0 spiro atoms. The molecule has 166 valence electrons. The monoisotopic (exact) mass is 442 g/mol. The molecular formula is C24H22N6O3. The van der Waals surface area contributed by atoms with Gasteiger partial charge in [0.25, 0.3) is 11.6 Å². The SMILES string of the molecule is Cc1c(C(=O)Nc2ccccc2N(C)Cc2ccccc2)nnn1-c1cccc([N+](=O)[O-])c1. The molecule has 0 aliphatic heterocycles. The van der Waals surface area contributed by atoms with Gasteiger partial charge < -0.3 is 10.2 Å². The molecule has 9 nitrogen and oxygen atoms in total. The first kappa shape index (κ1) is 21.7. The van der Waals surface area contributed by atoms with Crippen LogP contribution >= 0.6 is 0 Å². The molecule has 0 atom stereocenters. The third-order valence-corrected chi connectivity index (χ3v) is 5.22. The first-order valence-corrected chi connectivity index (χ1v) is 10.3. The van der Waals surface area contributed by atoms with E-state index >= 15 is 0 Å². The van der Waals surface area contributed by atoms with Crippen LogP contribution in [0.4, 0.5) is 17.1 Å². The summed E-state index contributed by atoms with van der Waals surface area (Å²) in [5, 5.41) is 22.1. The van der Waals surface area contributed by atoms with Crippen molar-refractivity contribution in [3.8, 4) is 5.69 Å². The van der Waals surface area contributed by atoms with E-state index in [9.17, 15) is 14.9 Å². The van der Waals surface area contributed by atoms with E-state index in [0.717, 1.165) is 11.3 Å². The lowest BCUT2D eigenvalue weighted by atomic mass is 10.2. The van der Waals surface area contributed by atoms with Gasteiger partial charge in [0.2, 0.25) is 0 Å². The first-order valence-electron chi connectivity index (χ1n) is 10.3. The van der Waals surface area contributed by atoms with Crippen LogP contribution in [0.5, 0.6) is 0 Å². The predicted molar refractivity (Wildman–Crippen MR) is 126 cm³/mol. The predicted octanol–water partition coefficient (Wildman–Crippen LogP) is 4.37. The number of carbonyl (C=O) groups excluding carboxylic acids is 1. The maximum Gasteiger partial charge on any atom is 0.278 e. The number of hydrogen-bond acceptors (Lipinski definition) is 6. The van der Waals surface area contributed by atoms with Gasteiger partial charge in [0.1, 0.15) is 0 Å². The van der Waals surface area contributed by atoms with E-state index in [4.69, 9.17) is 0 Å². The number of para-hydroxylation sites is 2. The Morgan fingerprint density at radius 3 is 2.55 bits per heavy atom. The maximum atomic E-state index is 13.0. The molecule has 0 saturated heterocycles. The van der Waals surface area contributed by atoms with Gasteiger partial charge in [0, 0.05) is 25.7 Å². The zero-order valence-electron chi connectivity index (χ0n) is 18.2. The van der Waals surface area contributed by atoms with E-state index in [-0.39, 0.29) is 11.4 Å². The molecule has 1 amide bonds. The van der Waals surface area contributed by atoms with Crippen LogP contribution < -0.4 is 10.2 Å². The van der Waals surface area contributed by atoms with Crippen molar-refractivity contribution in [3.63, 3.8) is 0 Å². The van der Waals surface area contributed by atoms with Gasteiger partial charge in [-0.25, -0.2) is 4.68 Å². The van der Waals surface area contributed by atoms with Crippen molar-refractivity contribution in [2.45, 2.75) is 13.5 Å². The molecule has 0 radical (unpaired) electrons. The number of nitro groups is 1. The summed E-state index contributed by atoms with van der Waals surface area (Å²) in [5.74, 6) is -0.412. The summed E-state index contributed by atoms with van der Waals surface area (Å²) in [6.07, 6.45) is 0. The molecule has 4 rings (SSSR count). The number of carbonyl (C=O) groups is 1. The van der Waals surface area contributed by atoms with Crippen molar-refractivity contribution >= 4 is 23.0 Å². The molecule has 1 aromatic heterocycles. The normalized spacial score (nSPS) is 10.6. The van der Waals surface area contributed by atoms with Crippen LogP contribution in [-0.4, -0.2) is 32.9 Å². The summed E-state index contributed by atoms with van der Waals surface area (Å²) >= 11 is 0. The third kappa shape index (κ3) is 4.72. The molecule has 9 heteroatoms. The van der Waals surface area contributed by atoms with Crippen LogP contribution in [0.15, 0.2) is 78.9 Å². The molecule has 0 aliphatic carbocycles. The average molecular weight is 442 g/mol. The number of amides is 1. The second-order valence-electron chi connectivity index (χ2n) is 7.53. The Balaban J connectivity index is 1.56. The number of nitrogens with one attached hydrogen (secondary N) is 1. The van der Waals surface area contributed by atoms with Gasteiger partial charge in [-0.3, -0.25) is 14.9 Å². The molecule has 1 N–H and O–H groups in total. The number of aromatic nitrogens is 3. The van der Waals surface area contributed by atoms with Crippen LogP contribution in [-0.2, 0) is 6.54 Å². The van der Waals surface area contributed by atoms with Gasteiger partial charge in [-0.05, 0) is 30.7 Å². The molecule has 0 unspecified atom stereocenters. The second kappa shape index (κ2) is 9.31. The summed E-state index contributed by atoms with van der Waals surface area (Å²) in [6.45, 7) is 2.37. The molecule has 0 saturated carbocycles. The lowest BCUT2D eigenvalue weighted by Gasteiger charge is -2.22. The van der Waals surface area contributed by atoms with Gasteiger partial charge in [0.15, 0.2) is 5.69 Å². The molecule has 0 fully saturated rings. The number of non-ortho nitro benzene ring substituents is 1. The molecule has 33 heavy (non-hydrogen) atoms. The highest BCUT2D eigenvalue weighted by Crippen LogP contribution is 2.27. The van der Waals surface area contributed by atoms with Gasteiger partial charge >= 0.3 is 0 Å². The van der Waals surface area contributed by atoms with Crippen LogP contribution in [0, 0.1) is 17.0 Å². The Bertz CT molecular complexity index is 1300. The van der Waals surface area contributed by atoms with Crippen molar-refractivity contribution in [2.24, 2.45) is 0 Å². The van der Waals surface area contributed by atoms with E-state index in [1.54, 1.807) is 19.1 Å². The van der Waals surface area contributed by atoms with Crippen molar-refractivity contribution in [2.75, 3.05) is 17.3 Å². The van der Waals surface area contributed by atoms with Gasteiger partial charge in [0.05, 0.1) is 27.7 Å². The summed E-state index contributed by atoms with van der Waals surface area (Å²) in [6, 6.07) is 23.6. The number of hydrogen-bond donors (Lipinski definition) is 1. The van der Waals surface area contributed by atoms with Crippen molar-refractivity contribution in [1.82, 2.24) is 15.0 Å². The minimum absolute atomic E-state index is 0.0659. The highest BCUT2D eigenvalue weighted by atomic mass is 16.6. The molecular weight excluding hydrogens is 420 g/mol. The lowest BCUT2D eigenvalue weighted by Crippen LogP contribution is -2.20. The quantitative estimate of drug-likeness (QED) is 0.336. The maximum absolute atomic E-state index is 13.0. The minimum atomic E-state index is -0.480. The summed E-state index contributed by atoms with van der Waals surface area (Å²) in [4.78, 5) is 25.7. The number of benzene rings is 3. The zero-order valence-corrected chi connectivity index (χ0v) is 18.2. The number of anilines is 2. The largest absolute Gasteiger partial charge is 0.369 e. The smallest absolute Gasteiger partial charge is 0.278 e. The van der Waals surface area contributed by atoms with E-state index in [1.807, 2.05) is 61.6 Å². The summed E-state index contributed by atoms with van der Waals surface area (Å²) < 4.78 is 1.41. The van der Waals surface area contributed by atoms with E-state index < -0.39 is 10.8 Å². The van der Waals surface area contributed by atoms with Gasteiger partial charge in [-0.2, -0.15) is 0 Å². The van der Waals surface area contributed by atoms with Crippen molar-refractivity contribution in [3.05, 3.63) is 106 Å². The molecule has 0 bridgehead atoms. The Hall–Kier alpha value is -4.53. The standard InChI is InChI=1S/C24H22N6O3/c1-17-23(26-27-29(17)19-11-8-12-20(15-19)30(32)33)24(31)25-21-13-6-7-14-22(21)28(2)16-18-9-4-3-5-10-18/h3-15H,16H2,1-2H3,(H,25,31). The molecule has 4 aromatic rings. The van der Waals surface area contributed by atoms with Crippen LogP contribution in [0.2, 0.25) is 0 Å². The topological polar surface area (TPSA) is 106 Å². The Morgan fingerprint density at radius 1 is 1.06 bits per heavy atom. The van der Waals surface area contributed by atoms with Crippen molar-refractivity contribution < 1.29 is 9.72 Å². The number of rotatable bonds is 7. The lowest BCUT2D eigenvalue weighted by molar-refractivity contribution is -0.384. The fourth-order valence-electron chi connectivity index (χ4n) is 3.56. The summed E-state index contributed by atoms with van der Waals surface area (Å²) in [7, 11) is 1.96. The Morgan fingerprint density at radius 2 is 1.79 bits per heavy atom. The third-order valence-electron chi connectivity index (χ3n) is 5.22. The van der Waals surface area contributed by atoms with E-state index in [1.165, 1.54) is 16.8 Å². The van der Waals surface area contributed by atoms with Crippen LogP contribution in [0.1, 0.15) is 21.7 Å². The van der Waals surface area contributed by atoms with Crippen LogP contribution in [0.25, 0.3) is 5.69 Å². The molecule has 1 heterocycles. The van der Waals surface area contributed by atoms with Gasteiger partial charge in [-0.15, -0.1) is 5.10 Å². The highest BCUT2D eigenvalue weighted by Gasteiger charge is 2.20. The summed E-state index contributed by atoms with van der Waals surface area (Å²) in [5.41, 5.74) is 3.66. The number of nitro benzene ring substituents is 1. The van der Waals surface area contributed by atoms with Crippen LogP contribution in [0.3, 0.4) is 0 Å². The van der Waals surface area contributed by atoms with Gasteiger partial charge in [-0.1, -0.05) is 53.7 Å². The van der Waals surface area contributed by atoms with E-state index in [2.05, 4.69) is 20.5 Å².